The SMILES string of the molecule is COc1ccc(-c2nnc([C@H](C)Sc3cccc[n+]3[O-])o2)cc1. The van der Waals surface area contributed by atoms with E-state index in [1.165, 1.54) is 18.0 Å². The van der Waals surface area contributed by atoms with Gasteiger partial charge in [0.25, 0.3) is 5.03 Å². The number of hydrogen-bond donors (Lipinski definition) is 0. The fourth-order valence-corrected chi connectivity index (χ4v) is 2.86. The number of pyridine rings is 1. The molecule has 7 heteroatoms. The highest BCUT2D eigenvalue weighted by molar-refractivity contribution is 7.99. The number of aromatic nitrogens is 3. The molecule has 0 aliphatic heterocycles. The van der Waals surface area contributed by atoms with Gasteiger partial charge in [-0.15, -0.1) is 10.2 Å². The standard InChI is InChI=1S/C16H15N3O3S/c1-11(23-14-5-3-4-10-19(14)20)15-17-18-16(22-15)12-6-8-13(21-2)9-7-12/h3-11H,1-2H3/t11-/m0/s1. The molecule has 23 heavy (non-hydrogen) atoms. The van der Waals surface area contributed by atoms with Crippen LogP contribution in [-0.4, -0.2) is 17.3 Å². The summed E-state index contributed by atoms with van der Waals surface area (Å²) in [5.41, 5.74) is 0.820. The molecule has 2 aromatic heterocycles. The normalized spacial score (nSPS) is 12.1. The summed E-state index contributed by atoms with van der Waals surface area (Å²) in [5.74, 6) is 1.68. The molecule has 0 aliphatic carbocycles. The van der Waals surface area contributed by atoms with E-state index in [1.807, 2.05) is 37.3 Å². The van der Waals surface area contributed by atoms with E-state index in [0.717, 1.165) is 16.0 Å². The second-order valence-electron chi connectivity index (χ2n) is 4.80. The molecule has 1 aromatic carbocycles. The fourth-order valence-electron chi connectivity index (χ4n) is 1.98. The van der Waals surface area contributed by atoms with Gasteiger partial charge in [-0.2, -0.15) is 4.73 Å². The molecule has 0 amide bonds. The number of nitrogens with zero attached hydrogens (tertiary/aromatic N) is 3. The van der Waals surface area contributed by atoms with Crippen molar-refractivity contribution in [2.45, 2.75) is 17.2 Å². The maximum absolute atomic E-state index is 11.7. The Bertz CT molecular complexity index is 789. The van der Waals surface area contributed by atoms with E-state index < -0.39 is 0 Å². The average molecular weight is 329 g/mol. The molecular formula is C16H15N3O3S. The van der Waals surface area contributed by atoms with Crippen molar-refractivity contribution in [3.05, 3.63) is 59.8 Å². The van der Waals surface area contributed by atoms with Crippen LogP contribution in [0.3, 0.4) is 0 Å². The smallest absolute Gasteiger partial charge is 0.252 e. The number of benzene rings is 1. The summed E-state index contributed by atoms with van der Waals surface area (Å²) >= 11 is 1.37. The van der Waals surface area contributed by atoms with Crippen molar-refractivity contribution >= 4 is 11.8 Å². The van der Waals surface area contributed by atoms with Gasteiger partial charge >= 0.3 is 0 Å². The second-order valence-corrected chi connectivity index (χ2v) is 6.16. The van der Waals surface area contributed by atoms with Crippen molar-refractivity contribution < 1.29 is 13.9 Å². The Morgan fingerprint density at radius 3 is 2.65 bits per heavy atom. The van der Waals surface area contributed by atoms with Crippen LogP contribution in [-0.2, 0) is 0 Å². The summed E-state index contributed by atoms with van der Waals surface area (Å²) in [4.78, 5) is 0. The van der Waals surface area contributed by atoms with Gasteiger partial charge in [0.1, 0.15) is 5.75 Å². The molecule has 0 saturated carbocycles. The lowest BCUT2D eigenvalue weighted by Crippen LogP contribution is -2.27. The minimum Gasteiger partial charge on any atom is -0.618 e. The van der Waals surface area contributed by atoms with Crippen molar-refractivity contribution in [2.24, 2.45) is 0 Å². The molecule has 0 radical (unpaired) electrons. The number of thioether (sulfide) groups is 1. The van der Waals surface area contributed by atoms with Gasteiger partial charge in [0.15, 0.2) is 6.20 Å². The largest absolute Gasteiger partial charge is 0.618 e. The minimum absolute atomic E-state index is 0.128. The van der Waals surface area contributed by atoms with Gasteiger partial charge < -0.3 is 14.4 Å². The van der Waals surface area contributed by atoms with Crippen LogP contribution in [0.25, 0.3) is 11.5 Å². The zero-order chi connectivity index (χ0) is 16.2. The Kier molecular flexibility index (Phi) is 4.47. The van der Waals surface area contributed by atoms with Crippen LogP contribution < -0.4 is 9.47 Å². The third kappa shape index (κ3) is 3.45. The molecule has 0 spiro atoms. The number of rotatable bonds is 5. The van der Waals surface area contributed by atoms with Gasteiger partial charge in [-0.05, 0) is 49.0 Å². The molecule has 3 aromatic rings. The van der Waals surface area contributed by atoms with Crippen LogP contribution in [0.5, 0.6) is 5.75 Å². The lowest BCUT2D eigenvalue weighted by Gasteiger charge is -2.06. The molecule has 3 rings (SSSR count). The van der Waals surface area contributed by atoms with Gasteiger partial charge in [0, 0.05) is 17.7 Å². The van der Waals surface area contributed by atoms with Crippen LogP contribution in [0.1, 0.15) is 18.1 Å². The van der Waals surface area contributed by atoms with Crippen molar-refractivity contribution in [1.82, 2.24) is 10.2 Å². The van der Waals surface area contributed by atoms with Crippen LogP contribution >= 0.6 is 11.8 Å². The summed E-state index contributed by atoms with van der Waals surface area (Å²) in [6, 6.07) is 12.7. The summed E-state index contributed by atoms with van der Waals surface area (Å²) in [6.07, 6.45) is 1.46. The van der Waals surface area contributed by atoms with Crippen LogP contribution in [0.4, 0.5) is 0 Å². The molecular weight excluding hydrogens is 314 g/mol. The molecule has 0 unspecified atom stereocenters. The third-order valence-corrected chi connectivity index (χ3v) is 4.32. The van der Waals surface area contributed by atoms with E-state index in [-0.39, 0.29) is 5.25 Å². The van der Waals surface area contributed by atoms with E-state index in [9.17, 15) is 5.21 Å². The highest BCUT2D eigenvalue weighted by Gasteiger charge is 2.19. The molecule has 1 atom stereocenters. The first kappa shape index (κ1) is 15.4. The summed E-state index contributed by atoms with van der Waals surface area (Å²) < 4.78 is 11.7. The number of ether oxygens (including phenoxy) is 1. The molecule has 118 valence electrons. The van der Waals surface area contributed by atoms with Gasteiger partial charge in [0.2, 0.25) is 11.8 Å². The zero-order valence-electron chi connectivity index (χ0n) is 12.7. The van der Waals surface area contributed by atoms with Crippen LogP contribution in [0.2, 0.25) is 0 Å². The summed E-state index contributed by atoms with van der Waals surface area (Å²) in [5, 5.41) is 20.3. The van der Waals surface area contributed by atoms with Crippen molar-refractivity contribution in [2.75, 3.05) is 7.11 Å². The minimum atomic E-state index is -0.128. The lowest BCUT2D eigenvalue weighted by atomic mass is 10.2. The van der Waals surface area contributed by atoms with E-state index in [0.29, 0.717) is 16.8 Å². The maximum Gasteiger partial charge on any atom is 0.252 e. The van der Waals surface area contributed by atoms with E-state index in [4.69, 9.17) is 9.15 Å². The molecule has 2 heterocycles. The Hall–Kier alpha value is -2.54. The second kappa shape index (κ2) is 6.70. The topological polar surface area (TPSA) is 75.1 Å². The molecule has 0 N–H and O–H groups in total. The molecule has 0 bridgehead atoms. The first-order chi connectivity index (χ1) is 11.2. The van der Waals surface area contributed by atoms with Gasteiger partial charge in [-0.1, -0.05) is 0 Å². The van der Waals surface area contributed by atoms with Crippen LogP contribution in [0.15, 0.2) is 58.1 Å². The lowest BCUT2D eigenvalue weighted by molar-refractivity contribution is -0.645. The predicted molar refractivity (Wildman–Crippen MR) is 86.0 cm³/mol. The Balaban J connectivity index is 1.76. The van der Waals surface area contributed by atoms with Gasteiger partial charge in [-0.3, -0.25) is 0 Å². The van der Waals surface area contributed by atoms with Crippen molar-refractivity contribution in [3.63, 3.8) is 0 Å². The first-order valence-corrected chi connectivity index (χ1v) is 7.88. The van der Waals surface area contributed by atoms with E-state index in [1.54, 1.807) is 19.2 Å². The highest BCUT2D eigenvalue weighted by atomic mass is 32.2. The van der Waals surface area contributed by atoms with Gasteiger partial charge in [-0.25, -0.2) is 0 Å². The zero-order valence-corrected chi connectivity index (χ0v) is 13.5. The summed E-state index contributed by atoms with van der Waals surface area (Å²) in [6.45, 7) is 1.92. The Morgan fingerprint density at radius 2 is 1.96 bits per heavy atom. The summed E-state index contributed by atoms with van der Waals surface area (Å²) in [7, 11) is 1.62. The first-order valence-electron chi connectivity index (χ1n) is 7.00. The van der Waals surface area contributed by atoms with Crippen molar-refractivity contribution in [3.8, 4) is 17.2 Å². The molecule has 6 nitrogen and oxygen atoms in total. The third-order valence-electron chi connectivity index (χ3n) is 3.21. The molecule has 0 saturated heterocycles. The maximum atomic E-state index is 11.7. The number of methoxy groups -OCH3 is 1. The highest BCUT2D eigenvalue weighted by Crippen LogP contribution is 2.33. The monoisotopic (exact) mass is 329 g/mol. The fraction of sp³-hybridized carbons (Fsp3) is 0.188. The van der Waals surface area contributed by atoms with Gasteiger partial charge in [0.05, 0.1) is 12.4 Å². The number of hydrogen-bond acceptors (Lipinski definition) is 6. The van der Waals surface area contributed by atoms with Crippen molar-refractivity contribution in [1.29, 1.82) is 0 Å². The van der Waals surface area contributed by atoms with E-state index >= 15 is 0 Å². The predicted octanol–water partition coefficient (Wildman–Crippen LogP) is 3.23. The van der Waals surface area contributed by atoms with Crippen LogP contribution in [0, 0.1) is 5.21 Å². The Labute approximate surface area is 137 Å². The molecule has 0 aliphatic rings. The van der Waals surface area contributed by atoms with E-state index in [2.05, 4.69) is 10.2 Å². The Morgan fingerprint density at radius 1 is 1.17 bits per heavy atom. The average Bonchev–Trinajstić information content (AvgIpc) is 3.07. The molecule has 0 fully saturated rings. The quantitative estimate of drug-likeness (QED) is 0.406.